The van der Waals surface area contributed by atoms with E-state index in [9.17, 15) is 4.79 Å². The second kappa shape index (κ2) is 9.06. The first-order valence-corrected chi connectivity index (χ1v) is 9.86. The summed E-state index contributed by atoms with van der Waals surface area (Å²) in [5, 5.41) is 2.87. The second-order valence-electron chi connectivity index (χ2n) is 5.74. The molecular weight excluding hydrogens is 474 g/mol. The molecule has 1 atom stereocenters. The van der Waals surface area contributed by atoms with Gasteiger partial charge in [-0.05, 0) is 65.3 Å². The summed E-state index contributed by atoms with van der Waals surface area (Å²) in [6.45, 7) is 1.70. The van der Waals surface area contributed by atoms with Crippen molar-refractivity contribution in [3.8, 4) is 17.2 Å². The van der Waals surface area contributed by atoms with Gasteiger partial charge in [0.2, 0.25) is 0 Å². The molecule has 0 fully saturated rings. The van der Waals surface area contributed by atoms with Gasteiger partial charge in [-0.15, -0.1) is 0 Å². The number of halogens is 2. The first kappa shape index (κ1) is 19.5. The number of ether oxygens (including phenoxy) is 2. The fraction of sp³-hybridized carbons (Fsp3) is 0.0952. The Labute approximate surface area is 174 Å². The number of hydrogen-bond donors (Lipinski definition) is 1. The first-order valence-electron chi connectivity index (χ1n) is 8.27. The maximum Gasteiger partial charge on any atom is 0.265 e. The van der Waals surface area contributed by atoms with Crippen LogP contribution in [0.4, 0.5) is 5.69 Å². The second-order valence-corrected chi connectivity index (χ2v) is 7.51. The summed E-state index contributed by atoms with van der Waals surface area (Å²) in [5.74, 6) is 1.58. The van der Waals surface area contributed by atoms with Crippen LogP contribution in [0.1, 0.15) is 6.92 Å². The number of benzene rings is 3. The summed E-state index contributed by atoms with van der Waals surface area (Å²) >= 11 is 6.83. The van der Waals surface area contributed by atoms with Gasteiger partial charge < -0.3 is 14.8 Å². The molecule has 138 valence electrons. The Morgan fingerprint density at radius 2 is 1.63 bits per heavy atom. The van der Waals surface area contributed by atoms with Crippen molar-refractivity contribution in [1.82, 2.24) is 0 Å². The molecule has 3 aromatic carbocycles. The van der Waals surface area contributed by atoms with Crippen molar-refractivity contribution in [1.29, 1.82) is 0 Å². The van der Waals surface area contributed by atoms with E-state index in [1.54, 1.807) is 25.1 Å². The van der Waals surface area contributed by atoms with E-state index in [-0.39, 0.29) is 5.91 Å². The number of para-hydroxylation sites is 3. The quantitative estimate of drug-likeness (QED) is 0.434. The molecule has 0 spiro atoms. The predicted octanol–water partition coefficient (Wildman–Crippen LogP) is 6.41. The third-order valence-corrected chi connectivity index (χ3v) is 4.80. The van der Waals surface area contributed by atoms with Gasteiger partial charge in [-0.1, -0.05) is 46.3 Å². The molecule has 0 aliphatic rings. The van der Waals surface area contributed by atoms with Crippen LogP contribution in [-0.2, 0) is 4.79 Å². The molecule has 0 unspecified atom stereocenters. The minimum Gasteiger partial charge on any atom is -0.480 e. The van der Waals surface area contributed by atoms with Crippen molar-refractivity contribution in [2.45, 2.75) is 13.0 Å². The van der Waals surface area contributed by atoms with Gasteiger partial charge in [0.1, 0.15) is 11.5 Å². The van der Waals surface area contributed by atoms with Crippen LogP contribution in [0.3, 0.4) is 0 Å². The Morgan fingerprint density at radius 3 is 2.37 bits per heavy atom. The minimum absolute atomic E-state index is 0.270. The van der Waals surface area contributed by atoms with Crippen molar-refractivity contribution in [2.75, 3.05) is 5.32 Å². The number of hydrogen-bond acceptors (Lipinski definition) is 3. The molecule has 0 aromatic heterocycles. The van der Waals surface area contributed by atoms with Crippen LogP contribution >= 0.6 is 31.9 Å². The van der Waals surface area contributed by atoms with Crippen molar-refractivity contribution in [3.63, 3.8) is 0 Å². The summed E-state index contributed by atoms with van der Waals surface area (Å²) in [5.41, 5.74) is 0.580. The van der Waals surface area contributed by atoms with E-state index in [1.165, 1.54) is 0 Å². The highest BCUT2D eigenvalue weighted by Gasteiger charge is 2.18. The average Bonchev–Trinajstić information content (AvgIpc) is 2.66. The lowest BCUT2D eigenvalue weighted by Crippen LogP contribution is -2.30. The number of carbonyl (C=O) groups excluding carboxylic acids is 1. The highest BCUT2D eigenvalue weighted by molar-refractivity contribution is 9.11. The normalized spacial score (nSPS) is 11.5. The first-order chi connectivity index (χ1) is 13.0. The van der Waals surface area contributed by atoms with Crippen LogP contribution in [0.15, 0.2) is 81.7 Å². The third-order valence-electron chi connectivity index (χ3n) is 3.68. The molecule has 0 heterocycles. The zero-order valence-corrected chi connectivity index (χ0v) is 17.7. The van der Waals surface area contributed by atoms with E-state index >= 15 is 0 Å². The van der Waals surface area contributed by atoms with Crippen LogP contribution in [0.25, 0.3) is 0 Å². The monoisotopic (exact) mass is 489 g/mol. The van der Waals surface area contributed by atoms with Crippen LogP contribution in [0.5, 0.6) is 17.2 Å². The zero-order valence-electron chi connectivity index (χ0n) is 14.5. The van der Waals surface area contributed by atoms with Crippen molar-refractivity contribution >= 4 is 43.5 Å². The molecule has 0 saturated heterocycles. The Hall–Kier alpha value is -2.31. The van der Waals surface area contributed by atoms with E-state index < -0.39 is 6.10 Å². The topological polar surface area (TPSA) is 47.6 Å². The van der Waals surface area contributed by atoms with Gasteiger partial charge >= 0.3 is 0 Å². The smallest absolute Gasteiger partial charge is 0.265 e. The molecule has 0 aliphatic heterocycles. The van der Waals surface area contributed by atoms with Gasteiger partial charge in [-0.25, -0.2) is 0 Å². The lowest BCUT2D eigenvalue weighted by molar-refractivity contribution is -0.122. The van der Waals surface area contributed by atoms with Gasteiger partial charge in [0.15, 0.2) is 11.9 Å². The molecule has 1 N–H and O–H groups in total. The molecule has 1 amide bonds. The maximum absolute atomic E-state index is 12.6. The Balaban J connectivity index is 1.70. The Morgan fingerprint density at radius 1 is 0.926 bits per heavy atom. The van der Waals surface area contributed by atoms with Crippen molar-refractivity contribution < 1.29 is 14.3 Å². The summed E-state index contributed by atoms with van der Waals surface area (Å²) in [6, 6.07) is 22.2. The molecule has 3 rings (SSSR count). The van der Waals surface area contributed by atoms with E-state index in [0.29, 0.717) is 22.9 Å². The molecule has 0 radical (unpaired) electrons. The predicted molar refractivity (Wildman–Crippen MR) is 114 cm³/mol. The Kier molecular flexibility index (Phi) is 6.53. The largest absolute Gasteiger partial charge is 0.480 e. The number of nitrogens with one attached hydrogen (secondary N) is 1. The molecule has 6 heteroatoms. The SMILES string of the molecule is C[C@@H](Oc1ccc(Br)cc1Br)C(=O)Nc1ccccc1Oc1ccccc1. The van der Waals surface area contributed by atoms with Crippen LogP contribution in [-0.4, -0.2) is 12.0 Å². The highest BCUT2D eigenvalue weighted by Crippen LogP contribution is 2.31. The van der Waals surface area contributed by atoms with Crippen molar-refractivity contribution in [2.24, 2.45) is 0 Å². The molecule has 0 aliphatic carbocycles. The minimum atomic E-state index is -0.688. The lowest BCUT2D eigenvalue weighted by Gasteiger charge is -2.17. The van der Waals surface area contributed by atoms with Crippen LogP contribution in [0, 0.1) is 0 Å². The molecule has 0 bridgehead atoms. The fourth-order valence-corrected chi connectivity index (χ4v) is 3.46. The average molecular weight is 491 g/mol. The number of rotatable bonds is 6. The molecule has 0 saturated carbocycles. The summed E-state index contributed by atoms with van der Waals surface area (Å²) in [4.78, 5) is 12.6. The Bertz CT molecular complexity index is 932. The van der Waals surface area contributed by atoms with E-state index in [0.717, 1.165) is 8.95 Å². The standard InChI is InChI=1S/C21H17Br2NO3/c1-14(26-19-12-11-15(22)13-17(19)23)21(25)24-18-9-5-6-10-20(18)27-16-7-3-2-4-8-16/h2-14H,1H3,(H,24,25)/t14-/m1/s1. The lowest BCUT2D eigenvalue weighted by atomic mass is 10.2. The fourth-order valence-electron chi connectivity index (χ4n) is 2.32. The molecular formula is C21H17Br2NO3. The van der Waals surface area contributed by atoms with Gasteiger partial charge in [-0.3, -0.25) is 4.79 Å². The van der Waals surface area contributed by atoms with Crippen LogP contribution < -0.4 is 14.8 Å². The van der Waals surface area contributed by atoms with Gasteiger partial charge in [0, 0.05) is 4.47 Å². The van der Waals surface area contributed by atoms with Gasteiger partial charge in [-0.2, -0.15) is 0 Å². The third kappa shape index (κ3) is 5.34. The van der Waals surface area contributed by atoms with E-state index in [2.05, 4.69) is 37.2 Å². The summed E-state index contributed by atoms with van der Waals surface area (Å²) < 4.78 is 13.3. The molecule has 4 nitrogen and oxygen atoms in total. The summed E-state index contributed by atoms with van der Waals surface area (Å²) in [7, 11) is 0. The zero-order chi connectivity index (χ0) is 19.2. The maximum atomic E-state index is 12.6. The summed E-state index contributed by atoms with van der Waals surface area (Å²) in [6.07, 6.45) is -0.688. The number of carbonyl (C=O) groups is 1. The number of anilines is 1. The van der Waals surface area contributed by atoms with Gasteiger partial charge in [0.05, 0.1) is 10.2 Å². The van der Waals surface area contributed by atoms with Crippen LogP contribution in [0.2, 0.25) is 0 Å². The molecule has 27 heavy (non-hydrogen) atoms. The number of amides is 1. The van der Waals surface area contributed by atoms with E-state index in [4.69, 9.17) is 9.47 Å². The molecule has 3 aromatic rings. The van der Waals surface area contributed by atoms with Crippen molar-refractivity contribution in [3.05, 3.63) is 81.7 Å². The highest BCUT2D eigenvalue weighted by atomic mass is 79.9. The van der Waals surface area contributed by atoms with E-state index in [1.807, 2.05) is 54.6 Å². The van der Waals surface area contributed by atoms with Gasteiger partial charge in [0.25, 0.3) is 5.91 Å².